The van der Waals surface area contributed by atoms with Crippen molar-refractivity contribution in [1.29, 1.82) is 0 Å². The zero-order valence-corrected chi connectivity index (χ0v) is 11.4. The molecule has 17 heavy (non-hydrogen) atoms. The van der Waals surface area contributed by atoms with E-state index in [1.165, 1.54) is 12.8 Å². The van der Waals surface area contributed by atoms with Gasteiger partial charge in [0.25, 0.3) is 0 Å². The normalized spacial score (nSPS) is 29.5. The van der Waals surface area contributed by atoms with Crippen LogP contribution in [0.2, 0.25) is 0 Å². The maximum Gasteiger partial charge on any atom is 0.140 e. The number of nitrogens with one attached hydrogen (secondary N) is 1. The van der Waals surface area contributed by atoms with E-state index >= 15 is 0 Å². The van der Waals surface area contributed by atoms with E-state index in [2.05, 4.69) is 22.3 Å². The lowest BCUT2D eigenvalue weighted by atomic mass is 9.78. The second-order valence-electron chi connectivity index (χ2n) is 5.25. The molecule has 1 aromatic heterocycles. The molecule has 1 fully saturated rings. The molecule has 1 aliphatic rings. The van der Waals surface area contributed by atoms with Gasteiger partial charge in [-0.15, -0.1) is 11.6 Å². The molecule has 96 valence electrons. The molecule has 0 aliphatic heterocycles. The first-order valence-electron chi connectivity index (χ1n) is 6.29. The highest BCUT2D eigenvalue weighted by Crippen LogP contribution is 2.32. The SMILES string of the molecule is CC1CCC(CCl)(NCc2ncnn2C)CC1. The lowest BCUT2D eigenvalue weighted by molar-refractivity contribution is 0.214. The van der Waals surface area contributed by atoms with Crippen LogP contribution in [-0.4, -0.2) is 26.2 Å². The van der Waals surface area contributed by atoms with Crippen LogP contribution in [0.4, 0.5) is 0 Å². The minimum absolute atomic E-state index is 0.0972. The van der Waals surface area contributed by atoms with Crippen LogP contribution in [0.5, 0.6) is 0 Å². The molecule has 0 atom stereocenters. The first-order valence-corrected chi connectivity index (χ1v) is 6.82. The smallest absolute Gasteiger partial charge is 0.140 e. The van der Waals surface area contributed by atoms with Crippen molar-refractivity contribution in [3.63, 3.8) is 0 Å². The summed E-state index contributed by atoms with van der Waals surface area (Å²) in [6.45, 7) is 3.07. The number of rotatable bonds is 4. The third-order valence-electron chi connectivity index (χ3n) is 3.91. The van der Waals surface area contributed by atoms with Gasteiger partial charge in [0.1, 0.15) is 12.2 Å². The Labute approximate surface area is 108 Å². The molecule has 2 rings (SSSR count). The molecule has 1 aromatic rings. The van der Waals surface area contributed by atoms with Crippen LogP contribution in [-0.2, 0) is 13.6 Å². The van der Waals surface area contributed by atoms with Crippen LogP contribution >= 0.6 is 11.6 Å². The van der Waals surface area contributed by atoms with E-state index in [0.717, 1.165) is 31.1 Å². The number of nitrogens with zero attached hydrogens (tertiary/aromatic N) is 3. The molecule has 0 spiro atoms. The van der Waals surface area contributed by atoms with Gasteiger partial charge in [-0.3, -0.25) is 4.68 Å². The lowest BCUT2D eigenvalue weighted by Gasteiger charge is -2.38. The fraction of sp³-hybridized carbons (Fsp3) is 0.833. The van der Waals surface area contributed by atoms with Gasteiger partial charge in [-0.1, -0.05) is 6.92 Å². The molecule has 0 saturated heterocycles. The Balaban J connectivity index is 1.94. The molecule has 0 radical (unpaired) electrons. The van der Waals surface area contributed by atoms with Gasteiger partial charge in [0.2, 0.25) is 0 Å². The third kappa shape index (κ3) is 2.99. The van der Waals surface area contributed by atoms with Crippen molar-refractivity contribution in [3.05, 3.63) is 12.2 Å². The van der Waals surface area contributed by atoms with E-state index in [1.54, 1.807) is 11.0 Å². The van der Waals surface area contributed by atoms with Gasteiger partial charge in [0.05, 0.1) is 6.54 Å². The Kier molecular flexibility index (Phi) is 4.05. The van der Waals surface area contributed by atoms with Crippen LogP contribution in [0.15, 0.2) is 6.33 Å². The quantitative estimate of drug-likeness (QED) is 0.839. The highest BCUT2D eigenvalue weighted by molar-refractivity contribution is 6.18. The molecule has 1 N–H and O–H groups in total. The highest BCUT2D eigenvalue weighted by atomic mass is 35.5. The van der Waals surface area contributed by atoms with Gasteiger partial charge in [-0.2, -0.15) is 5.10 Å². The zero-order chi connectivity index (χ0) is 12.3. The molecule has 0 unspecified atom stereocenters. The predicted octanol–water partition coefficient (Wildman–Crippen LogP) is 2.09. The third-order valence-corrected chi connectivity index (χ3v) is 4.43. The molecule has 1 saturated carbocycles. The average Bonchev–Trinajstić information content (AvgIpc) is 2.75. The molecule has 1 aliphatic carbocycles. The summed E-state index contributed by atoms with van der Waals surface area (Å²) in [6.07, 6.45) is 6.44. The minimum atomic E-state index is 0.0972. The molecule has 0 amide bonds. The van der Waals surface area contributed by atoms with E-state index in [1.807, 2.05) is 7.05 Å². The van der Waals surface area contributed by atoms with Gasteiger partial charge in [0.15, 0.2) is 0 Å². The van der Waals surface area contributed by atoms with E-state index < -0.39 is 0 Å². The highest BCUT2D eigenvalue weighted by Gasteiger charge is 2.33. The molecule has 5 heteroatoms. The summed E-state index contributed by atoms with van der Waals surface area (Å²) in [5, 5.41) is 7.67. The number of hydrogen-bond acceptors (Lipinski definition) is 3. The van der Waals surface area contributed by atoms with Crippen molar-refractivity contribution in [2.24, 2.45) is 13.0 Å². The fourth-order valence-electron chi connectivity index (χ4n) is 2.42. The minimum Gasteiger partial charge on any atom is -0.303 e. The summed E-state index contributed by atoms with van der Waals surface area (Å²) < 4.78 is 1.81. The summed E-state index contributed by atoms with van der Waals surface area (Å²) in [4.78, 5) is 4.23. The van der Waals surface area contributed by atoms with Crippen molar-refractivity contribution in [1.82, 2.24) is 20.1 Å². The maximum absolute atomic E-state index is 6.16. The van der Waals surface area contributed by atoms with Crippen molar-refractivity contribution in [2.75, 3.05) is 5.88 Å². The average molecular weight is 257 g/mol. The van der Waals surface area contributed by atoms with E-state index in [-0.39, 0.29) is 5.54 Å². The van der Waals surface area contributed by atoms with Crippen molar-refractivity contribution in [3.8, 4) is 0 Å². The monoisotopic (exact) mass is 256 g/mol. The number of aromatic nitrogens is 3. The first-order chi connectivity index (χ1) is 8.15. The molecular weight excluding hydrogens is 236 g/mol. The Bertz CT molecular complexity index is 355. The van der Waals surface area contributed by atoms with Gasteiger partial charge >= 0.3 is 0 Å². The van der Waals surface area contributed by atoms with Crippen molar-refractivity contribution < 1.29 is 0 Å². The topological polar surface area (TPSA) is 42.7 Å². The van der Waals surface area contributed by atoms with Crippen LogP contribution in [0, 0.1) is 5.92 Å². The Morgan fingerprint density at radius 3 is 2.76 bits per heavy atom. The summed E-state index contributed by atoms with van der Waals surface area (Å²) in [5.41, 5.74) is 0.0972. The van der Waals surface area contributed by atoms with Gasteiger partial charge in [0, 0.05) is 18.5 Å². The van der Waals surface area contributed by atoms with Gasteiger partial charge < -0.3 is 5.32 Å². The zero-order valence-electron chi connectivity index (χ0n) is 10.6. The van der Waals surface area contributed by atoms with E-state index in [4.69, 9.17) is 11.6 Å². The summed E-state index contributed by atoms with van der Waals surface area (Å²) in [5.74, 6) is 2.48. The van der Waals surface area contributed by atoms with Crippen LogP contribution < -0.4 is 5.32 Å². The largest absolute Gasteiger partial charge is 0.303 e. The van der Waals surface area contributed by atoms with Crippen molar-refractivity contribution in [2.45, 2.75) is 44.7 Å². The molecule has 0 bridgehead atoms. The van der Waals surface area contributed by atoms with Crippen LogP contribution in [0.1, 0.15) is 38.4 Å². The Hall–Kier alpha value is -0.610. The Morgan fingerprint density at radius 2 is 2.24 bits per heavy atom. The standard InChI is InChI=1S/C12H21ClN4/c1-10-3-5-12(8-13,6-4-10)15-7-11-14-9-16-17(11)2/h9-10,15H,3-8H2,1-2H3. The fourth-order valence-corrected chi connectivity index (χ4v) is 2.78. The number of halogens is 1. The van der Waals surface area contributed by atoms with Crippen molar-refractivity contribution >= 4 is 11.6 Å². The number of alkyl halides is 1. The summed E-state index contributed by atoms with van der Waals surface area (Å²) in [6, 6.07) is 0. The number of hydrogen-bond donors (Lipinski definition) is 1. The lowest BCUT2D eigenvalue weighted by Crippen LogP contribution is -2.49. The van der Waals surface area contributed by atoms with Crippen LogP contribution in [0.3, 0.4) is 0 Å². The van der Waals surface area contributed by atoms with Crippen LogP contribution in [0.25, 0.3) is 0 Å². The first kappa shape index (κ1) is 12.8. The molecule has 4 nitrogen and oxygen atoms in total. The molecule has 1 heterocycles. The predicted molar refractivity (Wildman–Crippen MR) is 68.9 cm³/mol. The van der Waals surface area contributed by atoms with Gasteiger partial charge in [-0.05, 0) is 31.6 Å². The number of aryl methyl sites for hydroxylation is 1. The second-order valence-corrected chi connectivity index (χ2v) is 5.52. The van der Waals surface area contributed by atoms with E-state index in [9.17, 15) is 0 Å². The summed E-state index contributed by atoms with van der Waals surface area (Å²) >= 11 is 6.16. The molecular formula is C12H21ClN4. The maximum atomic E-state index is 6.16. The second kappa shape index (κ2) is 5.36. The van der Waals surface area contributed by atoms with Gasteiger partial charge in [-0.25, -0.2) is 4.98 Å². The summed E-state index contributed by atoms with van der Waals surface area (Å²) in [7, 11) is 1.92. The molecule has 0 aromatic carbocycles. The Morgan fingerprint density at radius 1 is 1.53 bits per heavy atom. The van der Waals surface area contributed by atoms with E-state index in [0.29, 0.717) is 5.88 Å².